The van der Waals surface area contributed by atoms with Crippen molar-refractivity contribution in [2.75, 3.05) is 45.8 Å². The SMILES string of the molecule is CCNC(=NCCC(=O)N1CCCCCC1)N1CCCC2(CNC(=O)C2)C1. The van der Waals surface area contributed by atoms with E-state index in [1.165, 1.54) is 12.8 Å². The normalized spacial score (nSPS) is 26.9. The molecule has 0 aromatic heterocycles. The Hall–Kier alpha value is -1.79. The molecule has 2 amide bonds. The highest BCUT2D eigenvalue weighted by Crippen LogP contribution is 2.36. The third-order valence-electron chi connectivity index (χ3n) is 6.04. The molecule has 27 heavy (non-hydrogen) atoms. The molecule has 3 heterocycles. The second kappa shape index (κ2) is 9.42. The summed E-state index contributed by atoms with van der Waals surface area (Å²) in [6.45, 7) is 7.79. The molecule has 1 spiro atoms. The first-order chi connectivity index (χ1) is 13.1. The summed E-state index contributed by atoms with van der Waals surface area (Å²) in [6, 6.07) is 0. The maximum atomic E-state index is 12.5. The minimum absolute atomic E-state index is 0.0490. The molecular formula is C20H35N5O2. The Labute approximate surface area is 162 Å². The fourth-order valence-electron chi connectivity index (χ4n) is 4.59. The van der Waals surface area contributed by atoms with E-state index in [0.29, 0.717) is 19.4 Å². The Morgan fingerprint density at radius 1 is 1.15 bits per heavy atom. The molecule has 1 unspecified atom stereocenters. The highest BCUT2D eigenvalue weighted by atomic mass is 16.2. The summed E-state index contributed by atoms with van der Waals surface area (Å²) in [5.41, 5.74) is 0.0490. The van der Waals surface area contributed by atoms with Crippen molar-refractivity contribution in [2.24, 2.45) is 10.4 Å². The molecule has 0 radical (unpaired) electrons. The molecule has 0 saturated carbocycles. The van der Waals surface area contributed by atoms with Crippen LogP contribution in [0.1, 0.15) is 58.3 Å². The third-order valence-corrected chi connectivity index (χ3v) is 6.04. The van der Waals surface area contributed by atoms with Crippen molar-refractivity contribution in [1.82, 2.24) is 20.4 Å². The molecule has 0 aromatic carbocycles. The van der Waals surface area contributed by atoms with Gasteiger partial charge in [-0.25, -0.2) is 0 Å². The minimum atomic E-state index is 0.0490. The molecule has 0 bridgehead atoms. The van der Waals surface area contributed by atoms with Crippen molar-refractivity contribution in [3.63, 3.8) is 0 Å². The number of nitrogens with one attached hydrogen (secondary N) is 2. The van der Waals surface area contributed by atoms with Crippen LogP contribution < -0.4 is 10.6 Å². The molecule has 152 valence electrons. The number of piperidine rings is 1. The number of carbonyl (C=O) groups excluding carboxylic acids is 2. The molecular weight excluding hydrogens is 342 g/mol. The third kappa shape index (κ3) is 5.36. The van der Waals surface area contributed by atoms with Crippen molar-refractivity contribution in [1.29, 1.82) is 0 Å². The van der Waals surface area contributed by atoms with Crippen molar-refractivity contribution < 1.29 is 9.59 Å². The van der Waals surface area contributed by atoms with E-state index in [1.54, 1.807) is 0 Å². The van der Waals surface area contributed by atoms with Crippen LogP contribution in [0.2, 0.25) is 0 Å². The van der Waals surface area contributed by atoms with E-state index in [0.717, 1.165) is 70.9 Å². The average Bonchev–Trinajstić information content (AvgIpc) is 2.87. The van der Waals surface area contributed by atoms with Crippen LogP contribution in [-0.2, 0) is 9.59 Å². The highest BCUT2D eigenvalue weighted by molar-refractivity contribution is 5.82. The molecule has 2 N–H and O–H groups in total. The lowest BCUT2D eigenvalue weighted by Crippen LogP contribution is -2.51. The maximum absolute atomic E-state index is 12.5. The number of carbonyl (C=O) groups is 2. The largest absolute Gasteiger partial charge is 0.357 e. The van der Waals surface area contributed by atoms with Gasteiger partial charge in [-0.2, -0.15) is 0 Å². The summed E-state index contributed by atoms with van der Waals surface area (Å²) in [7, 11) is 0. The van der Waals surface area contributed by atoms with Crippen LogP contribution in [0.15, 0.2) is 4.99 Å². The van der Waals surface area contributed by atoms with Gasteiger partial charge in [0.05, 0.1) is 6.54 Å². The van der Waals surface area contributed by atoms with Crippen LogP contribution in [0.5, 0.6) is 0 Å². The van der Waals surface area contributed by atoms with Gasteiger partial charge in [0, 0.05) is 57.5 Å². The zero-order valence-corrected chi connectivity index (χ0v) is 16.8. The first-order valence-electron chi connectivity index (χ1n) is 10.7. The van der Waals surface area contributed by atoms with E-state index in [2.05, 4.69) is 22.5 Å². The number of aliphatic imine (C=N–C) groups is 1. The fourth-order valence-corrected chi connectivity index (χ4v) is 4.59. The summed E-state index contributed by atoms with van der Waals surface area (Å²) in [6.07, 6.45) is 7.99. The quantitative estimate of drug-likeness (QED) is 0.573. The number of rotatable bonds is 4. The molecule has 3 saturated heterocycles. The molecule has 1 atom stereocenters. The van der Waals surface area contributed by atoms with E-state index in [-0.39, 0.29) is 17.2 Å². The van der Waals surface area contributed by atoms with E-state index >= 15 is 0 Å². The van der Waals surface area contributed by atoms with Gasteiger partial charge in [-0.3, -0.25) is 14.6 Å². The average molecular weight is 378 g/mol. The topological polar surface area (TPSA) is 77.0 Å². The van der Waals surface area contributed by atoms with Gasteiger partial charge in [-0.05, 0) is 32.6 Å². The predicted molar refractivity (Wildman–Crippen MR) is 107 cm³/mol. The Morgan fingerprint density at radius 3 is 2.56 bits per heavy atom. The molecule has 0 aliphatic carbocycles. The molecule has 7 nitrogen and oxygen atoms in total. The van der Waals surface area contributed by atoms with Crippen molar-refractivity contribution >= 4 is 17.8 Å². The fraction of sp³-hybridized carbons (Fsp3) is 0.850. The lowest BCUT2D eigenvalue weighted by Gasteiger charge is -2.40. The summed E-state index contributed by atoms with van der Waals surface area (Å²) in [4.78, 5) is 33.3. The second-order valence-corrected chi connectivity index (χ2v) is 8.26. The standard InChI is InChI=1S/C20H35N5O2/c1-2-21-19(22-10-8-18(27)24-11-5-3-4-6-12-24)25-13-7-9-20(16-25)14-17(26)23-15-20/h2-16H2,1H3,(H,21,22)(H,23,26). The lowest BCUT2D eigenvalue weighted by atomic mass is 9.79. The van der Waals surface area contributed by atoms with Crippen LogP contribution in [0, 0.1) is 5.41 Å². The van der Waals surface area contributed by atoms with Gasteiger partial charge < -0.3 is 20.4 Å². The van der Waals surface area contributed by atoms with Crippen LogP contribution in [0.4, 0.5) is 0 Å². The van der Waals surface area contributed by atoms with Crippen LogP contribution in [0.3, 0.4) is 0 Å². The Morgan fingerprint density at radius 2 is 1.89 bits per heavy atom. The molecule has 0 aromatic rings. The summed E-state index contributed by atoms with van der Waals surface area (Å²) in [5, 5.41) is 6.37. The lowest BCUT2D eigenvalue weighted by molar-refractivity contribution is -0.131. The van der Waals surface area contributed by atoms with E-state index < -0.39 is 0 Å². The summed E-state index contributed by atoms with van der Waals surface area (Å²) >= 11 is 0. The van der Waals surface area contributed by atoms with Crippen molar-refractivity contribution in [2.45, 2.75) is 58.3 Å². The van der Waals surface area contributed by atoms with E-state index in [4.69, 9.17) is 4.99 Å². The zero-order chi connectivity index (χ0) is 19.1. The number of amides is 2. The molecule has 3 rings (SSSR count). The number of guanidine groups is 1. The zero-order valence-electron chi connectivity index (χ0n) is 16.8. The van der Waals surface area contributed by atoms with Gasteiger partial charge in [0.15, 0.2) is 5.96 Å². The Kier molecular flexibility index (Phi) is 6.96. The first kappa shape index (κ1) is 20.0. The number of nitrogens with zero attached hydrogens (tertiary/aromatic N) is 3. The monoisotopic (exact) mass is 377 g/mol. The van der Waals surface area contributed by atoms with Gasteiger partial charge in [0.1, 0.15) is 0 Å². The van der Waals surface area contributed by atoms with Gasteiger partial charge in [-0.1, -0.05) is 12.8 Å². The minimum Gasteiger partial charge on any atom is -0.357 e. The Bertz CT molecular complexity index is 557. The number of likely N-dealkylation sites (tertiary alicyclic amines) is 2. The van der Waals surface area contributed by atoms with Crippen LogP contribution in [0.25, 0.3) is 0 Å². The number of hydrogen-bond donors (Lipinski definition) is 2. The summed E-state index contributed by atoms with van der Waals surface area (Å²) < 4.78 is 0. The number of hydrogen-bond acceptors (Lipinski definition) is 3. The Balaban J connectivity index is 1.55. The molecule has 3 aliphatic heterocycles. The van der Waals surface area contributed by atoms with Gasteiger partial charge >= 0.3 is 0 Å². The van der Waals surface area contributed by atoms with Crippen LogP contribution >= 0.6 is 0 Å². The van der Waals surface area contributed by atoms with Gasteiger partial charge in [0.2, 0.25) is 11.8 Å². The first-order valence-corrected chi connectivity index (χ1v) is 10.7. The van der Waals surface area contributed by atoms with Gasteiger partial charge in [0.25, 0.3) is 0 Å². The summed E-state index contributed by atoms with van der Waals surface area (Å²) in [5.74, 6) is 1.29. The van der Waals surface area contributed by atoms with E-state index in [1.807, 2.05) is 4.90 Å². The van der Waals surface area contributed by atoms with Gasteiger partial charge in [-0.15, -0.1) is 0 Å². The van der Waals surface area contributed by atoms with Crippen LogP contribution in [-0.4, -0.2) is 73.4 Å². The highest BCUT2D eigenvalue weighted by Gasteiger charge is 2.42. The van der Waals surface area contributed by atoms with Crippen molar-refractivity contribution in [3.05, 3.63) is 0 Å². The van der Waals surface area contributed by atoms with Crippen molar-refractivity contribution in [3.8, 4) is 0 Å². The smallest absolute Gasteiger partial charge is 0.224 e. The predicted octanol–water partition coefficient (Wildman–Crippen LogP) is 1.35. The maximum Gasteiger partial charge on any atom is 0.224 e. The second-order valence-electron chi connectivity index (χ2n) is 8.26. The molecule has 3 fully saturated rings. The molecule has 7 heteroatoms. The molecule has 3 aliphatic rings. The van der Waals surface area contributed by atoms with E-state index in [9.17, 15) is 9.59 Å².